The molecule has 0 unspecified atom stereocenters. The summed E-state index contributed by atoms with van der Waals surface area (Å²) in [5.74, 6) is 3.87. The number of hydrogen-bond donors (Lipinski definition) is 1. The highest BCUT2D eigenvalue weighted by atomic mass is 32.2. The van der Waals surface area contributed by atoms with Crippen molar-refractivity contribution < 1.29 is 9.47 Å². The molecule has 3 nitrogen and oxygen atoms in total. The lowest BCUT2D eigenvalue weighted by Gasteiger charge is -2.41. The van der Waals surface area contributed by atoms with Crippen molar-refractivity contribution in [2.45, 2.75) is 30.8 Å². The van der Waals surface area contributed by atoms with E-state index < -0.39 is 0 Å². The zero-order valence-corrected chi connectivity index (χ0v) is 12.2. The number of rotatable bonds is 5. The number of methoxy groups -OCH3 is 1. The van der Waals surface area contributed by atoms with Crippen LogP contribution in [0.2, 0.25) is 0 Å². The lowest BCUT2D eigenvalue weighted by Crippen LogP contribution is -2.41. The number of benzene rings is 1. The van der Waals surface area contributed by atoms with Crippen LogP contribution >= 0.6 is 11.8 Å². The smallest absolute Gasteiger partial charge is 0.161 e. The van der Waals surface area contributed by atoms with Gasteiger partial charge in [0, 0.05) is 23.5 Å². The predicted octanol–water partition coefficient (Wildman–Crippen LogP) is 2.57. The molecule has 0 aromatic heterocycles. The van der Waals surface area contributed by atoms with Crippen LogP contribution in [0.3, 0.4) is 0 Å². The van der Waals surface area contributed by atoms with E-state index in [-0.39, 0.29) is 5.41 Å². The molecule has 1 saturated carbocycles. The summed E-state index contributed by atoms with van der Waals surface area (Å²) in [6.07, 6.45) is 3.99. The Morgan fingerprint density at radius 3 is 2.58 bits per heavy atom. The summed E-state index contributed by atoms with van der Waals surface area (Å²) in [7, 11) is 1.71. The monoisotopic (exact) mass is 279 g/mol. The van der Waals surface area contributed by atoms with Gasteiger partial charge in [-0.2, -0.15) is 11.8 Å². The maximum atomic E-state index is 5.97. The third-order valence-electron chi connectivity index (χ3n) is 4.38. The van der Waals surface area contributed by atoms with Crippen LogP contribution in [0.4, 0.5) is 0 Å². The summed E-state index contributed by atoms with van der Waals surface area (Å²) in [5, 5.41) is 0. The Balaban J connectivity index is 1.83. The third-order valence-corrected chi connectivity index (χ3v) is 5.59. The summed E-state index contributed by atoms with van der Waals surface area (Å²) in [4.78, 5) is 0. The molecule has 1 heterocycles. The summed E-state index contributed by atoms with van der Waals surface area (Å²) < 4.78 is 11.4. The first-order valence-corrected chi connectivity index (χ1v) is 8.06. The van der Waals surface area contributed by atoms with Crippen molar-refractivity contribution in [2.24, 2.45) is 5.73 Å². The van der Waals surface area contributed by atoms with E-state index in [0.29, 0.717) is 6.10 Å². The highest BCUT2D eigenvalue weighted by molar-refractivity contribution is 8.00. The quantitative estimate of drug-likeness (QED) is 0.899. The predicted molar refractivity (Wildman–Crippen MR) is 79.3 cm³/mol. The van der Waals surface area contributed by atoms with E-state index >= 15 is 0 Å². The summed E-state index contributed by atoms with van der Waals surface area (Å²) >= 11 is 1.92. The summed E-state index contributed by atoms with van der Waals surface area (Å²) in [5.41, 5.74) is 7.45. The average Bonchev–Trinajstić information content (AvgIpc) is 2.34. The Morgan fingerprint density at radius 1 is 1.32 bits per heavy atom. The molecular formula is C15H21NO2S. The lowest BCUT2D eigenvalue weighted by molar-refractivity contribution is 0.225. The molecule has 104 valence electrons. The van der Waals surface area contributed by atoms with Crippen LogP contribution in [-0.4, -0.2) is 31.3 Å². The highest BCUT2D eigenvalue weighted by Gasteiger charge is 2.37. The largest absolute Gasteiger partial charge is 0.493 e. The summed E-state index contributed by atoms with van der Waals surface area (Å²) in [6.45, 7) is 0.718. The van der Waals surface area contributed by atoms with Crippen LogP contribution in [0.1, 0.15) is 24.8 Å². The zero-order chi connectivity index (χ0) is 13.3. The van der Waals surface area contributed by atoms with Gasteiger partial charge in [0.1, 0.15) is 6.10 Å². The molecule has 0 amide bonds. The third kappa shape index (κ3) is 2.32. The van der Waals surface area contributed by atoms with Gasteiger partial charge in [-0.3, -0.25) is 0 Å². The molecule has 19 heavy (non-hydrogen) atoms. The van der Waals surface area contributed by atoms with Crippen molar-refractivity contribution in [3.63, 3.8) is 0 Å². The number of ether oxygens (including phenoxy) is 2. The van der Waals surface area contributed by atoms with E-state index in [2.05, 4.69) is 12.1 Å². The van der Waals surface area contributed by atoms with Gasteiger partial charge >= 0.3 is 0 Å². The molecule has 1 aliphatic carbocycles. The maximum Gasteiger partial charge on any atom is 0.161 e. The second kappa shape index (κ2) is 5.25. The van der Waals surface area contributed by atoms with Crippen molar-refractivity contribution in [1.29, 1.82) is 0 Å². The van der Waals surface area contributed by atoms with E-state index in [1.54, 1.807) is 7.11 Å². The fraction of sp³-hybridized carbons (Fsp3) is 0.600. The number of hydrogen-bond acceptors (Lipinski definition) is 4. The van der Waals surface area contributed by atoms with Gasteiger partial charge < -0.3 is 15.2 Å². The Morgan fingerprint density at radius 2 is 2.11 bits per heavy atom. The van der Waals surface area contributed by atoms with Gasteiger partial charge in [0.05, 0.1) is 7.11 Å². The van der Waals surface area contributed by atoms with Crippen LogP contribution in [0.5, 0.6) is 11.5 Å². The minimum Gasteiger partial charge on any atom is -0.493 e. The first kappa shape index (κ1) is 13.1. The van der Waals surface area contributed by atoms with E-state index in [9.17, 15) is 0 Å². The molecule has 2 N–H and O–H groups in total. The first-order valence-electron chi connectivity index (χ1n) is 6.90. The molecule has 1 aromatic rings. The second-order valence-corrected chi connectivity index (χ2v) is 6.56. The van der Waals surface area contributed by atoms with Gasteiger partial charge in [-0.25, -0.2) is 0 Å². The molecule has 0 radical (unpaired) electrons. The molecular weight excluding hydrogens is 258 g/mol. The molecule has 0 atom stereocenters. The van der Waals surface area contributed by atoms with E-state index in [1.807, 2.05) is 17.8 Å². The molecule has 2 fully saturated rings. The molecule has 2 aliphatic rings. The molecule has 3 rings (SSSR count). The molecule has 0 bridgehead atoms. The fourth-order valence-electron chi connectivity index (χ4n) is 2.77. The van der Waals surface area contributed by atoms with Gasteiger partial charge in [-0.05, 0) is 30.5 Å². The lowest BCUT2D eigenvalue weighted by atomic mass is 9.64. The minimum atomic E-state index is 0.179. The van der Waals surface area contributed by atoms with E-state index in [0.717, 1.165) is 29.5 Å². The minimum absolute atomic E-state index is 0.179. The number of thioether (sulfide) groups is 1. The van der Waals surface area contributed by atoms with Crippen molar-refractivity contribution >= 4 is 11.8 Å². The molecule has 1 aliphatic heterocycles. The summed E-state index contributed by atoms with van der Waals surface area (Å²) in [6, 6.07) is 6.33. The Bertz CT molecular complexity index is 450. The van der Waals surface area contributed by atoms with Crippen molar-refractivity contribution in [3.05, 3.63) is 23.8 Å². The molecule has 4 heteroatoms. The van der Waals surface area contributed by atoms with Gasteiger partial charge in [-0.1, -0.05) is 12.5 Å². The molecule has 0 spiro atoms. The normalized spacial score (nSPS) is 21.4. The van der Waals surface area contributed by atoms with Crippen molar-refractivity contribution in [2.75, 3.05) is 25.2 Å². The SMILES string of the molecule is COc1cc(C2(CN)CCC2)ccc1OC1CSC1. The maximum absolute atomic E-state index is 5.97. The Labute approximate surface area is 118 Å². The van der Waals surface area contributed by atoms with Gasteiger partial charge in [0.25, 0.3) is 0 Å². The topological polar surface area (TPSA) is 44.5 Å². The fourth-order valence-corrected chi connectivity index (χ4v) is 3.33. The second-order valence-electron chi connectivity index (χ2n) is 5.48. The van der Waals surface area contributed by atoms with Crippen molar-refractivity contribution in [1.82, 2.24) is 0 Å². The average molecular weight is 279 g/mol. The molecule has 1 saturated heterocycles. The van der Waals surface area contributed by atoms with Crippen LogP contribution in [0.15, 0.2) is 18.2 Å². The van der Waals surface area contributed by atoms with Gasteiger partial charge in [0.15, 0.2) is 11.5 Å². The van der Waals surface area contributed by atoms with Crippen LogP contribution in [0.25, 0.3) is 0 Å². The zero-order valence-electron chi connectivity index (χ0n) is 11.4. The van der Waals surface area contributed by atoms with Gasteiger partial charge in [-0.15, -0.1) is 0 Å². The van der Waals surface area contributed by atoms with Crippen molar-refractivity contribution in [3.8, 4) is 11.5 Å². The molecule has 1 aromatic carbocycles. The van der Waals surface area contributed by atoms with E-state index in [1.165, 1.54) is 24.8 Å². The highest BCUT2D eigenvalue weighted by Crippen LogP contribution is 2.45. The van der Waals surface area contributed by atoms with Crippen LogP contribution < -0.4 is 15.2 Å². The Hall–Kier alpha value is -0.870. The number of nitrogens with two attached hydrogens (primary N) is 1. The standard InChI is InChI=1S/C15H21NO2S/c1-17-14-7-11(15(10-16)5-2-6-15)3-4-13(14)18-12-8-19-9-12/h3-4,7,12H,2,5-6,8-10,16H2,1H3. The van der Waals surface area contributed by atoms with Gasteiger partial charge in [0.2, 0.25) is 0 Å². The van der Waals surface area contributed by atoms with E-state index in [4.69, 9.17) is 15.2 Å². The van der Waals surface area contributed by atoms with Crippen LogP contribution in [0, 0.1) is 0 Å². The van der Waals surface area contributed by atoms with Crippen LogP contribution in [-0.2, 0) is 5.41 Å². The first-order chi connectivity index (χ1) is 9.27. The Kier molecular flexibility index (Phi) is 3.63.